The molecule has 0 saturated heterocycles. The van der Waals surface area contributed by atoms with Gasteiger partial charge in [0.1, 0.15) is 9.84 Å². The standard InChI is InChI=1S/C9H13N3O4S/c1-17(15,16)6-2-4-10-9-11-5-3-7(12-9)8(13)14/h3,5H,2,4,6H2,1H3,(H,13,14)(H,10,11,12). The summed E-state index contributed by atoms with van der Waals surface area (Å²) in [6.07, 6.45) is 2.91. The van der Waals surface area contributed by atoms with E-state index in [9.17, 15) is 13.2 Å². The third kappa shape index (κ3) is 5.25. The van der Waals surface area contributed by atoms with Gasteiger partial charge in [-0.05, 0) is 12.5 Å². The van der Waals surface area contributed by atoms with E-state index < -0.39 is 15.8 Å². The lowest BCUT2D eigenvalue weighted by Crippen LogP contribution is -2.12. The molecule has 0 amide bonds. The van der Waals surface area contributed by atoms with Gasteiger partial charge in [-0.3, -0.25) is 0 Å². The molecule has 0 fully saturated rings. The largest absolute Gasteiger partial charge is 0.477 e. The fourth-order valence-electron chi connectivity index (χ4n) is 1.10. The van der Waals surface area contributed by atoms with Crippen LogP contribution in [0.4, 0.5) is 5.95 Å². The number of hydrogen-bond donors (Lipinski definition) is 2. The number of carboxylic acid groups (broad SMARTS) is 1. The Hall–Kier alpha value is -1.70. The Balaban J connectivity index is 2.47. The van der Waals surface area contributed by atoms with E-state index in [0.29, 0.717) is 13.0 Å². The van der Waals surface area contributed by atoms with E-state index in [-0.39, 0.29) is 17.4 Å². The zero-order valence-corrected chi connectivity index (χ0v) is 10.1. The minimum absolute atomic E-state index is 0.0681. The van der Waals surface area contributed by atoms with Crippen molar-refractivity contribution < 1.29 is 18.3 Å². The van der Waals surface area contributed by atoms with Crippen molar-refractivity contribution in [3.05, 3.63) is 18.0 Å². The Morgan fingerprint density at radius 1 is 1.53 bits per heavy atom. The average Bonchev–Trinajstić information content (AvgIpc) is 2.23. The molecular formula is C9H13N3O4S. The van der Waals surface area contributed by atoms with Gasteiger partial charge in [0, 0.05) is 19.0 Å². The van der Waals surface area contributed by atoms with E-state index in [1.165, 1.54) is 12.3 Å². The minimum atomic E-state index is -2.98. The van der Waals surface area contributed by atoms with Gasteiger partial charge in [-0.15, -0.1) is 0 Å². The summed E-state index contributed by atoms with van der Waals surface area (Å²) in [7, 11) is -2.98. The van der Waals surface area contributed by atoms with E-state index >= 15 is 0 Å². The maximum Gasteiger partial charge on any atom is 0.354 e. The van der Waals surface area contributed by atoms with Crippen LogP contribution in [-0.2, 0) is 9.84 Å². The van der Waals surface area contributed by atoms with Gasteiger partial charge in [-0.2, -0.15) is 0 Å². The normalized spacial score (nSPS) is 11.1. The number of carboxylic acids is 1. The molecule has 1 rings (SSSR count). The van der Waals surface area contributed by atoms with Gasteiger partial charge in [-0.1, -0.05) is 0 Å². The number of sulfone groups is 1. The van der Waals surface area contributed by atoms with Gasteiger partial charge in [-0.25, -0.2) is 23.2 Å². The third-order valence-corrected chi connectivity index (χ3v) is 2.88. The second kappa shape index (κ2) is 5.58. The number of rotatable bonds is 6. The first kappa shape index (κ1) is 13.4. The molecule has 7 nitrogen and oxygen atoms in total. The van der Waals surface area contributed by atoms with Crippen LogP contribution in [0.5, 0.6) is 0 Å². The van der Waals surface area contributed by atoms with Crippen molar-refractivity contribution in [3.63, 3.8) is 0 Å². The van der Waals surface area contributed by atoms with Crippen molar-refractivity contribution >= 4 is 21.8 Å². The highest BCUT2D eigenvalue weighted by atomic mass is 32.2. The smallest absolute Gasteiger partial charge is 0.354 e. The number of nitrogens with one attached hydrogen (secondary N) is 1. The predicted molar refractivity (Wildman–Crippen MR) is 61.8 cm³/mol. The van der Waals surface area contributed by atoms with Crippen molar-refractivity contribution in [1.82, 2.24) is 9.97 Å². The Morgan fingerprint density at radius 2 is 2.24 bits per heavy atom. The molecule has 2 N–H and O–H groups in total. The van der Waals surface area contributed by atoms with Crippen molar-refractivity contribution in [1.29, 1.82) is 0 Å². The lowest BCUT2D eigenvalue weighted by Gasteiger charge is -2.04. The van der Waals surface area contributed by atoms with Crippen LogP contribution in [0.2, 0.25) is 0 Å². The van der Waals surface area contributed by atoms with Crippen LogP contribution in [0.1, 0.15) is 16.9 Å². The number of aromatic carboxylic acids is 1. The molecule has 17 heavy (non-hydrogen) atoms. The topological polar surface area (TPSA) is 109 Å². The molecule has 0 aliphatic carbocycles. The van der Waals surface area contributed by atoms with Crippen molar-refractivity contribution in [2.24, 2.45) is 0 Å². The molecule has 0 aromatic carbocycles. The van der Waals surface area contributed by atoms with E-state index in [2.05, 4.69) is 15.3 Å². The maximum atomic E-state index is 10.8. The number of anilines is 1. The fourth-order valence-corrected chi connectivity index (χ4v) is 1.77. The zero-order chi connectivity index (χ0) is 12.9. The highest BCUT2D eigenvalue weighted by Gasteiger charge is 2.06. The van der Waals surface area contributed by atoms with Gasteiger partial charge in [0.15, 0.2) is 5.69 Å². The molecule has 0 bridgehead atoms. The molecular weight excluding hydrogens is 246 g/mol. The van der Waals surface area contributed by atoms with Gasteiger partial charge in [0.25, 0.3) is 0 Å². The van der Waals surface area contributed by atoms with E-state index in [4.69, 9.17) is 5.11 Å². The van der Waals surface area contributed by atoms with Gasteiger partial charge >= 0.3 is 5.97 Å². The monoisotopic (exact) mass is 259 g/mol. The summed E-state index contributed by atoms with van der Waals surface area (Å²) < 4.78 is 21.7. The van der Waals surface area contributed by atoms with E-state index in [1.54, 1.807) is 0 Å². The summed E-state index contributed by atoms with van der Waals surface area (Å²) in [6, 6.07) is 1.28. The number of nitrogens with zero attached hydrogens (tertiary/aromatic N) is 2. The molecule has 0 spiro atoms. The van der Waals surface area contributed by atoms with Crippen LogP contribution in [0.25, 0.3) is 0 Å². The lowest BCUT2D eigenvalue weighted by molar-refractivity contribution is 0.0690. The van der Waals surface area contributed by atoms with Crippen LogP contribution in [0.15, 0.2) is 12.3 Å². The van der Waals surface area contributed by atoms with Crippen molar-refractivity contribution in [2.75, 3.05) is 23.9 Å². The first-order valence-corrected chi connectivity index (χ1v) is 6.92. The second-order valence-electron chi connectivity index (χ2n) is 3.48. The molecule has 0 radical (unpaired) electrons. The third-order valence-electron chi connectivity index (χ3n) is 1.85. The van der Waals surface area contributed by atoms with Gasteiger partial charge in [0.2, 0.25) is 5.95 Å². The number of carbonyl (C=O) groups is 1. The summed E-state index contributed by atoms with van der Waals surface area (Å²) in [4.78, 5) is 18.2. The number of aromatic nitrogens is 2. The van der Waals surface area contributed by atoms with Crippen molar-refractivity contribution in [3.8, 4) is 0 Å². The Kier molecular flexibility index (Phi) is 4.38. The summed E-state index contributed by atoms with van der Waals surface area (Å²) >= 11 is 0. The molecule has 94 valence electrons. The highest BCUT2D eigenvalue weighted by molar-refractivity contribution is 7.90. The highest BCUT2D eigenvalue weighted by Crippen LogP contribution is 2.00. The first-order valence-electron chi connectivity index (χ1n) is 4.86. The molecule has 0 aliphatic heterocycles. The molecule has 1 heterocycles. The lowest BCUT2D eigenvalue weighted by atomic mass is 10.4. The van der Waals surface area contributed by atoms with E-state index in [1.807, 2.05) is 0 Å². The average molecular weight is 259 g/mol. The van der Waals surface area contributed by atoms with Gasteiger partial charge < -0.3 is 10.4 Å². The maximum absolute atomic E-state index is 10.8. The molecule has 1 aromatic heterocycles. The molecule has 0 unspecified atom stereocenters. The van der Waals surface area contributed by atoms with Crippen LogP contribution < -0.4 is 5.32 Å². The molecule has 0 aliphatic rings. The summed E-state index contributed by atoms with van der Waals surface area (Å²) in [5, 5.41) is 11.5. The molecule has 0 saturated carbocycles. The molecule has 8 heteroatoms. The first-order chi connectivity index (χ1) is 7.88. The Labute approximate surface area is 98.8 Å². The summed E-state index contributed by atoms with van der Waals surface area (Å²) in [6.45, 7) is 0.371. The SMILES string of the molecule is CS(=O)(=O)CCCNc1nccc(C(=O)O)n1. The summed E-state index contributed by atoms with van der Waals surface area (Å²) in [5.41, 5.74) is -0.106. The van der Waals surface area contributed by atoms with Gasteiger partial charge in [0.05, 0.1) is 5.75 Å². The van der Waals surface area contributed by atoms with Crippen LogP contribution in [0.3, 0.4) is 0 Å². The quantitative estimate of drug-likeness (QED) is 0.693. The number of hydrogen-bond acceptors (Lipinski definition) is 6. The minimum Gasteiger partial charge on any atom is -0.477 e. The zero-order valence-electron chi connectivity index (χ0n) is 9.25. The van der Waals surface area contributed by atoms with E-state index in [0.717, 1.165) is 6.26 Å². The Morgan fingerprint density at radius 3 is 2.82 bits per heavy atom. The second-order valence-corrected chi connectivity index (χ2v) is 5.74. The predicted octanol–water partition coefficient (Wildman–Crippen LogP) is 0.0214. The molecule has 1 aromatic rings. The molecule has 0 atom stereocenters. The van der Waals surface area contributed by atoms with Crippen LogP contribution in [-0.4, -0.2) is 48.0 Å². The van der Waals surface area contributed by atoms with Crippen LogP contribution >= 0.6 is 0 Å². The fraction of sp³-hybridized carbons (Fsp3) is 0.444. The Bertz CT molecular complexity index is 501. The van der Waals surface area contributed by atoms with Crippen molar-refractivity contribution in [2.45, 2.75) is 6.42 Å². The summed E-state index contributed by atoms with van der Waals surface area (Å²) in [5.74, 6) is -0.886. The van der Waals surface area contributed by atoms with Crippen LogP contribution in [0, 0.1) is 0 Å².